The van der Waals surface area contributed by atoms with Crippen LogP contribution in [0, 0.1) is 0 Å². The zero-order chi connectivity index (χ0) is 15.5. The molecule has 0 aliphatic heterocycles. The summed E-state index contributed by atoms with van der Waals surface area (Å²) in [5, 5.41) is 0.469. The van der Waals surface area contributed by atoms with Gasteiger partial charge in [-0.05, 0) is 24.6 Å². The van der Waals surface area contributed by atoms with Gasteiger partial charge in [-0.2, -0.15) is 13.2 Å². The van der Waals surface area contributed by atoms with Crippen molar-refractivity contribution in [2.45, 2.75) is 19.1 Å². The summed E-state index contributed by atoms with van der Waals surface area (Å²) in [7, 11) is 0. The van der Waals surface area contributed by atoms with Gasteiger partial charge in [0.25, 0.3) is 5.56 Å². The van der Waals surface area contributed by atoms with Crippen molar-refractivity contribution in [3.8, 4) is 0 Å². The van der Waals surface area contributed by atoms with Crippen LogP contribution in [0.25, 0.3) is 10.9 Å². The molecule has 0 saturated carbocycles. The summed E-state index contributed by atoms with van der Waals surface area (Å²) in [5.74, 6) is 0. The Morgan fingerprint density at radius 3 is 2.81 bits per heavy atom. The van der Waals surface area contributed by atoms with E-state index >= 15 is 0 Å². The summed E-state index contributed by atoms with van der Waals surface area (Å²) in [6, 6.07) is 5.13. The summed E-state index contributed by atoms with van der Waals surface area (Å²) < 4.78 is 42.3. The molecular formula is C13H12BrF3N2O2. The molecule has 8 heteroatoms. The van der Waals surface area contributed by atoms with Crippen LogP contribution in [0.15, 0.2) is 33.8 Å². The Bertz CT molecular complexity index is 685. The van der Waals surface area contributed by atoms with E-state index in [1.54, 1.807) is 18.2 Å². The number of ether oxygens (including phenoxy) is 1. The maximum atomic E-state index is 12.1. The fraction of sp³-hybridized carbons (Fsp3) is 0.385. The van der Waals surface area contributed by atoms with Crippen molar-refractivity contribution in [3.05, 3.63) is 39.4 Å². The van der Waals surface area contributed by atoms with Crippen LogP contribution >= 0.6 is 15.9 Å². The van der Waals surface area contributed by atoms with Crippen molar-refractivity contribution < 1.29 is 17.9 Å². The largest absolute Gasteiger partial charge is 0.411 e. The Labute approximate surface area is 126 Å². The molecule has 0 aliphatic rings. The third-order valence-electron chi connectivity index (χ3n) is 2.74. The molecule has 0 bridgehead atoms. The zero-order valence-electron chi connectivity index (χ0n) is 10.9. The van der Waals surface area contributed by atoms with Gasteiger partial charge in [0.15, 0.2) is 0 Å². The van der Waals surface area contributed by atoms with Crippen LogP contribution in [-0.4, -0.2) is 28.9 Å². The van der Waals surface area contributed by atoms with Crippen molar-refractivity contribution in [1.82, 2.24) is 9.55 Å². The summed E-state index contributed by atoms with van der Waals surface area (Å²) in [4.78, 5) is 16.3. The molecule has 114 valence electrons. The molecule has 2 rings (SSSR count). The van der Waals surface area contributed by atoms with E-state index in [0.29, 0.717) is 17.3 Å². The first-order valence-corrected chi connectivity index (χ1v) is 6.95. The van der Waals surface area contributed by atoms with Crippen molar-refractivity contribution in [1.29, 1.82) is 0 Å². The van der Waals surface area contributed by atoms with Crippen LogP contribution in [0.3, 0.4) is 0 Å². The van der Waals surface area contributed by atoms with E-state index in [1.807, 2.05) is 0 Å². The molecule has 0 atom stereocenters. The van der Waals surface area contributed by atoms with Gasteiger partial charge in [-0.15, -0.1) is 0 Å². The van der Waals surface area contributed by atoms with E-state index in [0.717, 1.165) is 4.47 Å². The number of hydrogen-bond acceptors (Lipinski definition) is 3. The van der Waals surface area contributed by atoms with Crippen LogP contribution in [0.4, 0.5) is 13.2 Å². The van der Waals surface area contributed by atoms with E-state index < -0.39 is 12.8 Å². The lowest BCUT2D eigenvalue weighted by Gasteiger charge is -2.09. The monoisotopic (exact) mass is 364 g/mol. The highest BCUT2D eigenvalue weighted by Gasteiger charge is 2.27. The van der Waals surface area contributed by atoms with E-state index in [4.69, 9.17) is 0 Å². The van der Waals surface area contributed by atoms with Gasteiger partial charge < -0.3 is 4.74 Å². The molecule has 2 aromatic rings. The van der Waals surface area contributed by atoms with Gasteiger partial charge in [0, 0.05) is 17.6 Å². The van der Waals surface area contributed by atoms with Crippen LogP contribution in [-0.2, 0) is 11.3 Å². The molecule has 1 heterocycles. The van der Waals surface area contributed by atoms with Gasteiger partial charge in [-0.25, -0.2) is 4.98 Å². The SMILES string of the molecule is O=c1c2ccc(Br)cc2ncn1CCCOCC(F)(F)F. The van der Waals surface area contributed by atoms with Gasteiger partial charge >= 0.3 is 6.18 Å². The quantitative estimate of drug-likeness (QED) is 0.765. The van der Waals surface area contributed by atoms with Crippen molar-refractivity contribution >= 4 is 26.8 Å². The van der Waals surface area contributed by atoms with Gasteiger partial charge in [0.05, 0.1) is 17.2 Å². The van der Waals surface area contributed by atoms with Gasteiger partial charge in [0.2, 0.25) is 0 Å². The number of alkyl halides is 3. The van der Waals surface area contributed by atoms with Gasteiger partial charge in [0.1, 0.15) is 6.61 Å². The molecule has 0 radical (unpaired) electrons. The number of fused-ring (bicyclic) bond motifs is 1. The first-order chi connectivity index (χ1) is 9.87. The summed E-state index contributed by atoms with van der Waals surface area (Å²) in [6.07, 6.45) is -2.63. The number of aromatic nitrogens is 2. The normalized spacial score (nSPS) is 12.0. The average Bonchev–Trinajstić information content (AvgIpc) is 2.39. The zero-order valence-corrected chi connectivity index (χ0v) is 12.4. The lowest BCUT2D eigenvalue weighted by molar-refractivity contribution is -0.174. The van der Waals surface area contributed by atoms with Crippen LogP contribution in [0.5, 0.6) is 0 Å². The first-order valence-electron chi connectivity index (χ1n) is 6.16. The summed E-state index contributed by atoms with van der Waals surface area (Å²) in [5.41, 5.74) is 0.349. The highest BCUT2D eigenvalue weighted by Crippen LogP contribution is 2.15. The fourth-order valence-electron chi connectivity index (χ4n) is 1.82. The highest BCUT2D eigenvalue weighted by atomic mass is 79.9. The minimum absolute atomic E-state index is 0.0652. The maximum absolute atomic E-state index is 12.1. The molecule has 0 saturated heterocycles. The Balaban J connectivity index is 1.98. The van der Waals surface area contributed by atoms with Crippen molar-refractivity contribution in [2.24, 2.45) is 0 Å². The van der Waals surface area contributed by atoms with Gasteiger partial charge in [-0.1, -0.05) is 15.9 Å². The van der Waals surface area contributed by atoms with E-state index in [-0.39, 0.29) is 18.7 Å². The molecule has 1 aromatic heterocycles. The molecule has 0 unspecified atom stereocenters. The molecule has 0 fully saturated rings. The molecule has 0 spiro atoms. The minimum atomic E-state index is -4.32. The lowest BCUT2D eigenvalue weighted by atomic mass is 10.2. The minimum Gasteiger partial charge on any atom is -0.372 e. The van der Waals surface area contributed by atoms with E-state index in [2.05, 4.69) is 25.7 Å². The smallest absolute Gasteiger partial charge is 0.372 e. The molecule has 0 N–H and O–H groups in total. The van der Waals surface area contributed by atoms with E-state index in [1.165, 1.54) is 10.9 Å². The number of aryl methyl sites for hydroxylation is 1. The summed E-state index contributed by atoms with van der Waals surface area (Å²) in [6.45, 7) is -1.08. The number of halogens is 4. The second-order valence-electron chi connectivity index (χ2n) is 4.43. The second kappa shape index (κ2) is 6.57. The van der Waals surface area contributed by atoms with Crippen LogP contribution in [0.1, 0.15) is 6.42 Å². The Morgan fingerprint density at radius 1 is 1.33 bits per heavy atom. The maximum Gasteiger partial charge on any atom is 0.411 e. The third kappa shape index (κ3) is 4.53. The summed E-state index contributed by atoms with van der Waals surface area (Å²) >= 11 is 3.29. The Hall–Kier alpha value is -1.41. The number of rotatable bonds is 5. The van der Waals surface area contributed by atoms with Crippen molar-refractivity contribution in [3.63, 3.8) is 0 Å². The van der Waals surface area contributed by atoms with Crippen molar-refractivity contribution in [2.75, 3.05) is 13.2 Å². The predicted octanol–water partition coefficient (Wildman–Crippen LogP) is 3.13. The Morgan fingerprint density at radius 2 is 2.10 bits per heavy atom. The standard InChI is InChI=1S/C13H12BrF3N2O2/c14-9-2-3-10-11(6-9)18-8-19(12(10)20)4-1-5-21-7-13(15,16)17/h2-3,6,8H,1,4-5,7H2. The number of benzene rings is 1. The van der Waals surface area contributed by atoms with E-state index in [9.17, 15) is 18.0 Å². The topological polar surface area (TPSA) is 44.1 Å². The number of nitrogens with zero attached hydrogens (tertiary/aromatic N) is 2. The second-order valence-corrected chi connectivity index (χ2v) is 5.34. The molecule has 4 nitrogen and oxygen atoms in total. The fourth-order valence-corrected chi connectivity index (χ4v) is 2.16. The predicted molar refractivity (Wildman–Crippen MR) is 75.2 cm³/mol. The highest BCUT2D eigenvalue weighted by molar-refractivity contribution is 9.10. The molecule has 0 amide bonds. The molecule has 0 aliphatic carbocycles. The van der Waals surface area contributed by atoms with Crippen LogP contribution in [0.2, 0.25) is 0 Å². The number of hydrogen-bond donors (Lipinski definition) is 0. The molecule has 1 aromatic carbocycles. The average molecular weight is 365 g/mol. The Kier molecular flexibility index (Phi) is 5.00. The molecular weight excluding hydrogens is 353 g/mol. The molecule has 21 heavy (non-hydrogen) atoms. The van der Waals surface area contributed by atoms with Crippen LogP contribution < -0.4 is 5.56 Å². The third-order valence-corrected chi connectivity index (χ3v) is 3.23. The first kappa shape index (κ1) is 16.0. The van der Waals surface area contributed by atoms with Gasteiger partial charge in [-0.3, -0.25) is 9.36 Å². The lowest BCUT2D eigenvalue weighted by Crippen LogP contribution is -2.22.